The molecule has 0 heteroatoms. The van der Waals surface area contributed by atoms with E-state index in [0.717, 1.165) is 0 Å². The molecule has 0 nitrogen and oxygen atoms in total. The summed E-state index contributed by atoms with van der Waals surface area (Å²) in [4.78, 5) is 0. The van der Waals surface area contributed by atoms with Crippen molar-refractivity contribution in [3.8, 4) is 0 Å². The molecule has 0 radical (unpaired) electrons. The molecule has 0 saturated heterocycles. The Morgan fingerprint density at radius 1 is 0.448 bits per heavy atom. The first kappa shape index (κ1) is 21.4. The Labute approximate surface area is 178 Å². The van der Waals surface area contributed by atoms with Crippen molar-refractivity contribution in [1.82, 2.24) is 0 Å². The minimum atomic E-state index is -0.0459. The van der Waals surface area contributed by atoms with Crippen LogP contribution in [0, 0.1) is 6.92 Å². The molecule has 0 spiro atoms. The third-order valence-corrected chi connectivity index (χ3v) is 6.55. The molecule has 0 atom stereocenters. The third kappa shape index (κ3) is 4.32. The summed E-state index contributed by atoms with van der Waals surface area (Å²) in [6.07, 6.45) is 0. The fourth-order valence-corrected chi connectivity index (χ4v) is 3.99. The maximum atomic E-state index is 2.40. The van der Waals surface area contributed by atoms with E-state index in [-0.39, 0.29) is 16.2 Å². The van der Waals surface area contributed by atoms with E-state index in [9.17, 15) is 0 Å². The van der Waals surface area contributed by atoms with Gasteiger partial charge in [0.1, 0.15) is 0 Å². The Bertz CT molecular complexity index is 962. The topological polar surface area (TPSA) is 0 Å². The van der Waals surface area contributed by atoms with Gasteiger partial charge >= 0.3 is 0 Å². The molecule has 0 amide bonds. The summed E-state index contributed by atoms with van der Waals surface area (Å²) in [6.45, 7) is 18.3. The fraction of sp³-hybridized carbons (Fsp3) is 0.379. The lowest BCUT2D eigenvalue weighted by atomic mass is 9.73. The minimum Gasteiger partial charge on any atom is -0.0617 e. The summed E-state index contributed by atoms with van der Waals surface area (Å²) in [6, 6.07) is 27.3. The van der Waals surface area contributed by atoms with Crippen molar-refractivity contribution in [3.05, 3.63) is 106 Å². The molecule has 0 aliphatic carbocycles. The molecule has 0 fully saturated rings. The number of aryl methyl sites for hydroxylation is 1. The van der Waals surface area contributed by atoms with Gasteiger partial charge in [-0.25, -0.2) is 0 Å². The summed E-state index contributed by atoms with van der Waals surface area (Å²) < 4.78 is 0. The molecular formula is C29H36. The zero-order valence-corrected chi connectivity index (χ0v) is 19.4. The van der Waals surface area contributed by atoms with Crippen LogP contribution >= 0.6 is 0 Å². The molecule has 152 valence electrons. The fourth-order valence-electron chi connectivity index (χ4n) is 3.99. The summed E-state index contributed by atoms with van der Waals surface area (Å²) >= 11 is 0. The molecular weight excluding hydrogens is 348 g/mol. The zero-order chi connectivity index (χ0) is 21.4. The van der Waals surface area contributed by atoms with Gasteiger partial charge in [0.2, 0.25) is 0 Å². The number of hydrogen-bond acceptors (Lipinski definition) is 0. The van der Waals surface area contributed by atoms with Gasteiger partial charge in [-0.05, 0) is 40.2 Å². The highest BCUT2D eigenvalue weighted by Crippen LogP contribution is 2.37. The van der Waals surface area contributed by atoms with E-state index in [2.05, 4.69) is 128 Å². The Kier molecular flexibility index (Phi) is 5.52. The number of rotatable bonds is 4. The van der Waals surface area contributed by atoms with E-state index < -0.39 is 0 Å². The van der Waals surface area contributed by atoms with Crippen LogP contribution in [0.2, 0.25) is 0 Å². The van der Waals surface area contributed by atoms with Crippen LogP contribution in [0.25, 0.3) is 0 Å². The number of benzene rings is 3. The van der Waals surface area contributed by atoms with Crippen LogP contribution in [0.5, 0.6) is 0 Å². The van der Waals surface area contributed by atoms with Crippen LogP contribution in [0.1, 0.15) is 81.8 Å². The van der Waals surface area contributed by atoms with Crippen molar-refractivity contribution in [2.24, 2.45) is 0 Å². The second-order valence-electron chi connectivity index (χ2n) is 10.5. The van der Waals surface area contributed by atoms with Gasteiger partial charge in [0.25, 0.3) is 0 Å². The van der Waals surface area contributed by atoms with Crippen LogP contribution in [-0.2, 0) is 16.2 Å². The maximum absolute atomic E-state index is 2.40. The average molecular weight is 385 g/mol. The van der Waals surface area contributed by atoms with Gasteiger partial charge in [0.15, 0.2) is 0 Å². The molecule has 0 saturated carbocycles. The van der Waals surface area contributed by atoms with Crippen molar-refractivity contribution >= 4 is 0 Å². The monoisotopic (exact) mass is 384 g/mol. The zero-order valence-electron chi connectivity index (χ0n) is 19.4. The average Bonchev–Trinajstić information content (AvgIpc) is 2.68. The van der Waals surface area contributed by atoms with Crippen LogP contribution in [0.15, 0.2) is 72.8 Å². The predicted molar refractivity (Wildman–Crippen MR) is 127 cm³/mol. The third-order valence-electron chi connectivity index (χ3n) is 6.55. The van der Waals surface area contributed by atoms with Gasteiger partial charge in [-0.3, -0.25) is 0 Å². The lowest BCUT2D eigenvalue weighted by Crippen LogP contribution is -2.23. The standard InChI is InChI=1S/C29H36/c1-21-12-14-23(15-13-21)28(5,6)25-10-9-11-26(20-25)29(7,8)24-18-16-22(17-19-24)27(2,3)4/h9-20H,1-8H3. The molecule has 0 aromatic heterocycles. The Balaban J connectivity index is 1.98. The maximum Gasteiger partial charge on any atom is 0.0146 e. The SMILES string of the molecule is Cc1ccc(C(C)(C)c2cccc(C(C)(C)c3ccc(C(C)(C)C)cc3)c2)cc1. The predicted octanol–water partition coefficient (Wildman–Crippen LogP) is 7.94. The van der Waals surface area contributed by atoms with Crippen LogP contribution in [0.3, 0.4) is 0 Å². The highest BCUT2D eigenvalue weighted by atomic mass is 14.3. The van der Waals surface area contributed by atoms with E-state index in [1.165, 1.54) is 33.4 Å². The first-order valence-electron chi connectivity index (χ1n) is 10.7. The molecule has 0 unspecified atom stereocenters. The summed E-state index contributed by atoms with van der Waals surface area (Å²) in [5.74, 6) is 0. The van der Waals surface area contributed by atoms with E-state index >= 15 is 0 Å². The van der Waals surface area contributed by atoms with Gasteiger partial charge < -0.3 is 0 Å². The Morgan fingerprint density at radius 2 is 0.828 bits per heavy atom. The van der Waals surface area contributed by atoms with Crippen molar-refractivity contribution in [2.75, 3.05) is 0 Å². The lowest BCUT2D eigenvalue weighted by molar-refractivity contribution is 0.586. The Morgan fingerprint density at radius 3 is 1.24 bits per heavy atom. The van der Waals surface area contributed by atoms with Crippen molar-refractivity contribution in [3.63, 3.8) is 0 Å². The van der Waals surface area contributed by atoms with Crippen LogP contribution < -0.4 is 0 Å². The minimum absolute atomic E-state index is 0.0319. The molecule has 0 N–H and O–H groups in total. The Hall–Kier alpha value is -2.34. The molecule has 0 aliphatic rings. The molecule has 0 heterocycles. The van der Waals surface area contributed by atoms with E-state index in [1.807, 2.05) is 0 Å². The normalized spacial score (nSPS) is 12.8. The second kappa shape index (κ2) is 7.48. The van der Waals surface area contributed by atoms with Gasteiger partial charge in [0, 0.05) is 10.8 Å². The molecule has 0 bridgehead atoms. The summed E-state index contributed by atoms with van der Waals surface area (Å²) in [5, 5.41) is 0. The summed E-state index contributed by atoms with van der Waals surface area (Å²) in [5.41, 5.74) is 8.22. The largest absolute Gasteiger partial charge is 0.0617 e. The van der Waals surface area contributed by atoms with Crippen LogP contribution in [0.4, 0.5) is 0 Å². The van der Waals surface area contributed by atoms with Gasteiger partial charge in [-0.1, -0.05) is 127 Å². The van der Waals surface area contributed by atoms with E-state index in [0.29, 0.717) is 0 Å². The first-order chi connectivity index (χ1) is 13.4. The quantitative estimate of drug-likeness (QED) is 0.428. The molecule has 0 aliphatic heterocycles. The molecule has 3 aromatic carbocycles. The van der Waals surface area contributed by atoms with Crippen molar-refractivity contribution < 1.29 is 0 Å². The van der Waals surface area contributed by atoms with E-state index in [1.54, 1.807) is 0 Å². The smallest absolute Gasteiger partial charge is 0.0146 e. The van der Waals surface area contributed by atoms with E-state index in [4.69, 9.17) is 0 Å². The van der Waals surface area contributed by atoms with Gasteiger partial charge in [0.05, 0.1) is 0 Å². The van der Waals surface area contributed by atoms with Gasteiger partial charge in [-0.2, -0.15) is 0 Å². The lowest BCUT2D eigenvalue weighted by Gasteiger charge is -2.31. The van der Waals surface area contributed by atoms with Gasteiger partial charge in [-0.15, -0.1) is 0 Å². The van der Waals surface area contributed by atoms with Crippen LogP contribution in [-0.4, -0.2) is 0 Å². The molecule has 3 rings (SSSR count). The molecule has 29 heavy (non-hydrogen) atoms. The highest BCUT2D eigenvalue weighted by Gasteiger charge is 2.28. The summed E-state index contributed by atoms with van der Waals surface area (Å²) in [7, 11) is 0. The van der Waals surface area contributed by atoms with Crippen molar-refractivity contribution in [1.29, 1.82) is 0 Å². The van der Waals surface area contributed by atoms with Crippen molar-refractivity contribution in [2.45, 2.75) is 71.6 Å². The molecule has 3 aromatic rings. The number of hydrogen-bond donors (Lipinski definition) is 0. The first-order valence-corrected chi connectivity index (χ1v) is 10.7. The second-order valence-corrected chi connectivity index (χ2v) is 10.5. The highest BCUT2D eigenvalue weighted by molar-refractivity contribution is 5.45.